The van der Waals surface area contributed by atoms with Crippen molar-refractivity contribution in [2.45, 2.75) is 56.8 Å². The molecule has 2 aliphatic rings. The zero-order valence-electron chi connectivity index (χ0n) is 21.0. The number of rotatable bonds is 7. The first kappa shape index (κ1) is 24.9. The maximum absolute atomic E-state index is 13.3. The number of pyridine rings is 1. The summed E-state index contributed by atoms with van der Waals surface area (Å²) in [5.74, 6) is -0.00262. The van der Waals surface area contributed by atoms with Crippen molar-refractivity contribution >= 4 is 11.8 Å². The van der Waals surface area contributed by atoms with Gasteiger partial charge in [0.15, 0.2) is 0 Å². The van der Waals surface area contributed by atoms with Crippen LogP contribution in [-0.4, -0.2) is 42.0 Å². The second-order valence-corrected chi connectivity index (χ2v) is 9.80. The number of amides is 2. The fourth-order valence-corrected chi connectivity index (χ4v) is 5.56. The van der Waals surface area contributed by atoms with Crippen LogP contribution in [0.25, 0.3) is 0 Å². The van der Waals surface area contributed by atoms with Crippen molar-refractivity contribution in [1.29, 1.82) is 0 Å². The van der Waals surface area contributed by atoms with Gasteiger partial charge in [-0.3, -0.25) is 14.6 Å². The van der Waals surface area contributed by atoms with Crippen LogP contribution >= 0.6 is 0 Å². The van der Waals surface area contributed by atoms with Crippen molar-refractivity contribution in [2.24, 2.45) is 0 Å². The van der Waals surface area contributed by atoms with Gasteiger partial charge in [-0.05, 0) is 68.1 Å². The van der Waals surface area contributed by atoms with Crippen LogP contribution in [0.3, 0.4) is 0 Å². The van der Waals surface area contributed by atoms with E-state index in [1.807, 2.05) is 31.2 Å². The number of benzene rings is 2. The number of ether oxygens (including phenoxy) is 1. The monoisotopic (exact) mass is 502 g/mol. The Kier molecular flexibility index (Phi) is 7.19. The SMILES string of the molecule is COc1cccc(C(=O)N[C@H]2C[C@H]3CC[C@H](N3)C2c2ccc(C(=O)NCc3ccc(F)cc3)cn2)c1C. The minimum Gasteiger partial charge on any atom is -0.496 e. The lowest BCUT2D eigenvalue weighted by Gasteiger charge is -2.38. The first-order chi connectivity index (χ1) is 17.9. The largest absolute Gasteiger partial charge is 0.496 e. The van der Waals surface area contributed by atoms with E-state index in [9.17, 15) is 14.0 Å². The van der Waals surface area contributed by atoms with Gasteiger partial charge in [0.25, 0.3) is 11.8 Å². The Hall–Kier alpha value is -3.78. The lowest BCUT2D eigenvalue weighted by atomic mass is 9.83. The molecule has 3 heterocycles. The van der Waals surface area contributed by atoms with E-state index >= 15 is 0 Å². The summed E-state index contributed by atoms with van der Waals surface area (Å²) in [4.78, 5) is 30.6. The number of methoxy groups -OCH3 is 1. The molecule has 7 nitrogen and oxygen atoms in total. The highest BCUT2D eigenvalue weighted by atomic mass is 19.1. The smallest absolute Gasteiger partial charge is 0.253 e. The molecule has 0 spiro atoms. The molecule has 2 aromatic carbocycles. The van der Waals surface area contributed by atoms with E-state index in [4.69, 9.17) is 4.74 Å². The van der Waals surface area contributed by atoms with E-state index in [0.717, 1.165) is 36.1 Å². The molecule has 2 saturated heterocycles. The normalized spacial score (nSPS) is 22.4. The lowest BCUT2D eigenvalue weighted by Crippen LogP contribution is -2.53. The number of hydrogen-bond donors (Lipinski definition) is 3. The average molecular weight is 503 g/mol. The van der Waals surface area contributed by atoms with E-state index in [1.54, 1.807) is 31.5 Å². The molecule has 0 radical (unpaired) electrons. The van der Waals surface area contributed by atoms with Gasteiger partial charge >= 0.3 is 0 Å². The van der Waals surface area contributed by atoms with Crippen LogP contribution < -0.4 is 20.7 Å². The number of carbonyl (C=O) groups excluding carboxylic acids is 2. The highest BCUT2D eigenvalue weighted by Crippen LogP contribution is 2.37. The van der Waals surface area contributed by atoms with Crippen LogP contribution in [0.2, 0.25) is 0 Å². The maximum atomic E-state index is 13.3. The quantitative estimate of drug-likeness (QED) is 0.456. The van der Waals surface area contributed by atoms with Crippen LogP contribution in [0.15, 0.2) is 60.8 Å². The summed E-state index contributed by atoms with van der Waals surface area (Å²) in [6.07, 6.45) is 4.48. The van der Waals surface area contributed by atoms with Gasteiger partial charge in [0.05, 0.1) is 12.7 Å². The molecule has 8 heteroatoms. The summed E-state index contributed by atoms with van der Waals surface area (Å²) in [5.41, 5.74) is 3.52. The Morgan fingerprint density at radius 2 is 1.89 bits per heavy atom. The number of halogens is 1. The molecule has 192 valence electrons. The number of piperidine rings is 1. The molecule has 2 fully saturated rings. The van der Waals surface area contributed by atoms with Gasteiger partial charge in [-0.2, -0.15) is 0 Å². The maximum Gasteiger partial charge on any atom is 0.253 e. The van der Waals surface area contributed by atoms with Gasteiger partial charge in [0.2, 0.25) is 0 Å². The summed E-state index contributed by atoms with van der Waals surface area (Å²) >= 11 is 0. The highest BCUT2D eigenvalue weighted by Gasteiger charge is 2.43. The number of nitrogens with one attached hydrogen (secondary N) is 3. The van der Waals surface area contributed by atoms with E-state index in [-0.39, 0.29) is 35.6 Å². The van der Waals surface area contributed by atoms with Crippen molar-refractivity contribution in [2.75, 3.05) is 7.11 Å². The molecule has 3 N–H and O–H groups in total. The molecule has 1 aromatic heterocycles. The van der Waals surface area contributed by atoms with Crippen molar-refractivity contribution in [3.05, 3.63) is 94.6 Å². The molecule has 2 aliphatic heterocycles. The Labute approximate surface area is 215 Å². The van der Waals surface area contributed by atoms with E-state index in [2.05, 4.69) is 20.9 Å². The summed E-state index contributed by atoms with van der Waals surface area (Å²) in [6.45, 7) is 2.19. The van der Waals surface area contributed by atoms with Crippen LogP contribution in [0, 0.1) is 12.7 Å². The minimum atomic E-state index is -0.311. The van der Waals surface area contributed by atoms with Crippen molar-refractivity contribution in [3.63, 3.8) is 0 Å². The predicted octanol–water partition coefficient (Wildman–Crippen LogP) is 3.87. The molecule has 2 bridgehead atoms. The Balaban J connectivity index is 1.30. The van der Waals surface area contributed by atoms with Crippen molar-refractivity contribution < 1.29 is 18.7 Å². The Morgan fingerprint density at radius 1 is 1.08 bits per heavy atom. The number of aromatic nitrogens is 1. The average Bonchev–Trinajstić information content (AvgIpc) is 3.29. The molecular weight excluding hydrogens is 471 g/mol. The van der Waals surface area contributed by atoms with Gasteiger partial charge in [-0.1, -0.05) is 18.2 Å². The fourth-order valence-electron chi connectivity index (χ4n) is 5.56. The fraction of sp³-hybridized carbons (Fsp3) is 0.345. The summed E-state index contributed by atoms with van der Waals surface area (Å²) < 4.78 is 18.5. The van der Waals surface area contributed by atoms with Gasteiger partial charge in [0.1, 0.15) is 11.6 Å². The first-order valence-electron chi connectivity index (χ1n) is 12.6. The molecule has 0 saturated carbocycles. The highest BCUT2D eigenvalue weighted by molar-refractivity contribution is 5.96. The second kappa shape index (κ2) is 10.7. The third-order valence-corrected chi connectivity index (χ3v) is 7.50. The van der Waals surface area contributed by atoms with Gasteiger partial charge in [-0.15, -0.1) is 0 Å². The standard InChI is InChI=1S/C29H31FN4O3/c1-17-22(4-3-5-26(17)37-2)29(36)34-25-14-21-11-13-24(33-21)27(25)23-12-8-19(16-31-23)28(35)32-15-18-6-9-20(30)10-7-18/h3-10,12,16,21,24-25,27,33H,11,13-15H2,1-2H3,(H,32,35)(H,34,36)/t21-,24+,25+,27?/m1/s1. The Bertz CT molecular complexity index is 1280. The molecular formula is C29H31FN4O3. The minimum absolute atomic E-state index is 0.00931. The number of nitrogens with zero attached hydrogens (tertiary/aromatic N) is 1. The third-order valence-electron chi connectivity index (χ3n) is 7.50. The van der Waals surface area contributed by atoms with Gasteiger partial charge in [-0.25, -0.2) is 4.39 Å². The first-order valence-corrected chi connectivity index (χ1v) is 12.6. The molecule has 2 amide bonds. The zero-order chi connectivity index (χ0) is 25.9. The molecule has 37 heavy (non-hydrogen) atoms. The van der Waals surface area contributed by atoms with E-state index in [0.29, 0.717) is 29.5 Å². The van der Waals surface area contributed by atoms with Crippen LogP contribution in [0.5, 0.6) is 5.75 Å². The number of fused-ring (bicyclic) bond motifs is 2. The molecule has 1 unspecified atom stereocenters. The van der Waals surface area contributed by atoms with Gasteiger partial charge in [0, 0.05) is 53.6 Å². The lowest BCUT2D eigenvalue weighted by molar-refractivity contribution is 0.0912. The summed E-state index contributed by atoms with van der Waals surface area (Å²) in [7, 11) is 1.60. The van der Waals surface area contributed by atoms with E-state index < -0.39 is 0 Å². The van der Waals surface area contributed by atoms with Crippen LogP contribution in [-0.2, 0) is 6.54 Å². The van der Waals surface area contributed by atoms with Gasteiger partial charge < -0.3 is 20.7 Å². The van der Waals surface area contributed by atoms with Crippen molar-refractivity contribution in [3.8, 4) is 5.75 Å². The zero-order valence-corrected chi connectivity index (χ0v) is 21.0. The second-order valence-electron chi connectivity index (χ2n) is 9.80. The molecule has 0 aliphatic carbocycles. The molecule has 4 atom stereocenters. The molecule has 3 aromatic rings. The predicted molar refractivity (Wildman–Crippen MR) is 138 cm³/mol. The van der Waals surface area contributed by atoms with Crippen LogP contribution in [0.1, 0.15) is 62.7 Å². The topological polar surface area (TPSA) is 92.4 Å². The van der Waals surface area contributed by atoms with Crippen molar-refractivity contribution in [1.82, 2.24) is 20.9 Å². The van der Waals surface area contributed by atoms with Crippen LogP contribution in [0.4, 0.5) is 4.39 Å². The number of hydrogen-bond acceptors (Lipinski definition) is 5. The number of carbonyl (C=O) groups is 2. The summed E-state index contributed by atoms with van der Waals surface area (Å²) in [6, 6.07) is 15.7. The molecule has 5 rings (SSSR count). The summed E-state index contributed by atoms with van der Waals surface area (Å²) in [5, 5.41) is 9.80. The Morgan fingerprint density at radius 3 is 2.62 bits per heavy atom. The third kappa shape index (κ3) is 5.34. The van der Waals surface area contributed by atoms with E-state index in [1.165, 1.54) is 12.1 Å².